The highest BCUT2D eigenvalue weighted by atomic mass is 32.2. The molecule has 1 aliphatic heterocycles. The lowest BCUT2D eigenvalue weighted by atomic mass is 9.83. The minimum atomic E-state index is -0.304. The number of amides is 1. The highest BCUT2D eigenvalue weighted by molar-refractivity contribution is 8.00. The van der Waals surface area contributed by atoms with Crippen LogP contribution in [0.2, 0.25) is 0 Å². The Bertz CT molecular complexity index is 300. The second-order valence-corrected chi connectivity index (χ2v) is 7.77. The summed E-state index contributed by atoms with van der Waals surface area (Å²) in [6, 6.07) is 0.0511. The number of carbonyl (C=O) groups excluding carboxylic acids is 1. The molecule has 2 fully saturated rings. The normalized spacial score (nSPS) is 42.8. The minimum absolute atomic E-state index is 0.0511. The molecule has 4 atom stereocenters. The van der Waals surface area contributed by atoms with Crippen molar-refractivity contribution in [1.82, 2.24) is 4.90 Å². The van der Waals surface area contributed by atoms with E-state index in [1.807, 2.05) is 11.8 Å². The maximum atomic E-state index is 12.7. The zero-order chi connectivity index (χ0) is 12.6. The Kier molecular flexibility index (Phi) is 3.74. The van der Waals surface area contributed by atoms with E-state index in [1.54, 1.807) is 0 Å². The molecule has 1 saturated carbocycles. The number of hydrogen-bond acceptors (Lipinski definition) is 3. The molecular formula is C13H24N2OS. The third-order valence-corrected chi connectivity index (χ3v) is 5.45. The van der Waals surface area contributed by atoms with E-state index in [1.165, 1.54) is 0 Å². The summed E-state index contributed by atoms with van der Waals surface area (Å²) in [4.78, 5) is 14.7. The standard InChI is InChI=1S/C13H24N2OS/c1-9-7-15(8-10(2)17-9)12(16)13(3)6-4-5-11(13)14/h9-11H,4-8,14H2,1-3H3. The molecule has 1 heterocycles. The van der Waals surface area contributed by atoms with Gasteiger partial charge in [-0.05, 0) is 19.8 Å². The van der Waals surface area contributed by atoms with Crippen molar-refractivity contribution in [3.8, 4) is 0 Å². The first-order chi connectivity index (χ1) is 7.93. The molecule has 0 bridgehead atoms. The van der Waals surface area contributed by atoms with Gasteiger partial charge in [-0.3, -0.25) is 4.79 Å². The van der Waals surface area contributed by atoms with Crippen LogP contribution in [-0.4, -0.2) is 40.4 Å². The Labute approximate surface area is 108 Å². The minimum Gasteiger partial charge on any atom is -0.340 e. The SMILES string of the molecule is CC1CN(C(=O)C2(C)CCCC2N)CC(C)S1. The predicted octanol–water partition coefficient (Wildman–Crippen LogP) is 1.86. The van der Waals surface area contributed by atoms with E-state index in [0.717, 1.165) is 32.4 Å². The maximum Gasteiger partial charge on any atom is 0.230 e. The summed E-state index contributed by atoms with van der Waals surface area (Å²) >= 11 is 1.98. The van der Waals surface area contributed by atoms with Crippen molar-refractivity contribution in [1.29, 1.82) is 0 Å². The molecule has 1 amide bonds. The average molecular weight is 256 g/mol. The van der Waals surface area contributed by atoms with E-state index in [2.05, 4.69) is 25.7 Å². The molecule has 1 aliphatic carbocycles. The molecule has 3 nitrogen and oxygen atoms in total. The number of nitrogens with two attached hydrogens (primary N) is 1. The van der Waals surface area contributed by atoms with E-state index in [0.29, 0.717) is 16.4 Å². The number of thioether (sulfide) groups is 1. The van der Waals surface area contributed by atoms with E-state index in [9.17, 15) is 4.79 Å². The van der Waals surface area contributed by atoms with Crippen LogP contribution < -0.4 is 5.73 Å². The lowest BCUT2D eigenvalue weighted by Gasteiger charge is -2.40. The van der Waals surface area contributed by atoms with Crippen LogP contribution in [0.1, 0.15) is 40.0 Å². The van der Waals surface area contributed by atoms with Crippen molar-refractivity contribution in [2.24, 2.45) is 11.1 Å². The lowest BCUT2D eigenvalue weighted by Crippen LogP contribution is -2.53. The van der Waals surface area contributed by atoms with Gasteiger partial charge in [-0.2, -0.15) is 11.8 Å². The number of carbonyl (C=O) groups is 1. The summed E-state index contributed by atoms with van der Waals surface area (Å²) in [7, 11) is 0. The Morgan fingerprint density at radius 3 is 2.41 bits per heavy atom. The third-order valence-electron chi connectivity index (χ3n) is 4.23. The van der Waals surface area contributed by atoms with Gasteiger partial charge in [0.1, 0.15) is 0 Å². The number of hydrogen-bond donors (Lipinski definition) is 1. The van der Waals surface area contributed by atoms with Gasteiger partial charge in [-0.25, -0.2) is 0 Å². The second kappa shape index (κ2) is 4.81. The highest BCUT2D eigenvalue weighted by Crippen LogP contribution is 2.39. The van der Waals surface area contributed by atoms with E-state index >= 15 is 0 Å². The van der Waals surface area contributed by atoms with Gasteiger partial charge in [0.25, 0.3) is 0 Å². The molecule has 4 unspecified atom stereocenters. The van der Waals surface area contributed by atoms with Gasteiger partial charge in [0, 0.05) is 29.6 Å². The van der Waals surface area contributed by atoms with Crippen LogP contribution in [0.15, 0.2) is 0 Å². The number of rotatable bonds is 1. The van der Waals surface area contributed by atoms with Gasteiger partial charge < -0.3 is 10.6 Å². The van der Waals surface area contributed by atoms with Crippen molar-refractivity contribution in [3.05, 3.63) is 0 Å². The van der Waals surface area contributed by atoms with Gasteiger partial charge in [0.2, 0.25) is 5.91 Å². The van der Waals surface area contributed by atoms with Gasteiger partial charge in [0.05, 0.1) is 5.41 Å². The summed E-state index contributed by atoms with van der Waals surface area (Å²) in [5.74, 6) is 0.293. The van der Waals surface area contributed by atoms with Crippen LogP contribution in [0.4, 0.5) is 0 Å². The molecule has 0 aromatic carbocycles. The van der Waals surface area contributed by atoms with Crippen molar-refractivity contribution in [2.45, 2.75) is 56.6 Å². The van der Waals surface area contributed by atoms with Crippen LogP contribution in [0.5, 0.6) is 0 Å². The molecule has 0 spiro atoms. The zero-order valence-corrected chi connectivity index (χ0v) is 11.9. The molecule has 17 heavy (non-hydrogen) atoms. The Balaban J connectivity index is 2.09. The van der Waals surface area contributed by atoms with Crippen molar-refractivity contribution in [2.75, 3.05) is 13.1 Å². The summed E-state index contributed by atoms with van der Waals surface area (Å²) in [6.45, 7) is 8.24. The summed E-state index contributed by atoms with van der Waals surface area (Å²) in [5.41, 5.74) is 5.83. The van der Waals surface area contributed by atoms with Crippen LogP contribution in [0, 0.1) is 5.41 Å². The molecule has 4 heteroatoms. The van der Waals surface area contributed by atoms with E-state index in [-0.39, 0.29) is 11.5 Å². The second-order valence-electron chi connectivity index (χ2n) is 5.88. The first-order valence-electron chi connectivity index (χ1n) is 6.64. The average Bonchev–Trinajstić information content (AvgIpc) is 2.58. The van der Waals surface area contributed by atoms with E-state index < -0.39 is 0 Å². The quantitative estimate of drug-likeness (QED) is 0.779. The first kappa shape index (κ1) is 13.2. The lowest BCUT2D eigenvalue weighted by molar-refractivity contribution is -0.141. The fourth-order valence-electron chi connectivity index (χ4n) is 3.16. The van der Waals surface area contributed by atoms with Crippen LogP contribution in [0.25, 0.3) is 0 Å². The molecule has 1 saturated heterocycles. The van der Waals surface area contributed by atoms with Gasteiger partial charge in [-0.1, -0.05) is 20.3 Å². The molecule has 2 aliphatic rings. The molecule has 2 rings (SSSR count). The van der Waals surface area contributed by atoms with Crippen LogP contribution >= 0.6 is 11.8 Å². The maximum absolute atomic E-state index is 12.7. The smallest absolute Gasteiger partial charge is 0.230 e. The predicted molar refractivity (Wildman–Crippen MR) is 73.0 cm³/mol. The van der Waals surface area contributed by atoms with Gasteiger partial charge in [-0.15, -0.1) is 0 Å². The third kappa shape index (κ3) is 2.48. The van der Waals surface area contributed by atoms with Crippen molar-refractivity contribution >= 4 is 17.7 Å². The molecule has 98 valence electrons. The summed E-state index contributed by atoms with van der Waals surface area (Å²) in [5, 5.41) is 1.09. The summed E-state index contributed by atoms with van der Waals surface area (Å²) in [6.07, 6.45) is 3.05. The van der Waals surface area contributed by atoms with Crippen LogP contribution in [0.3, 0.4) is 0 Å². The molecule has 0 aromatic rings. The molecule has 0 aromatic heterocycles. The Morgan fingerprint density at radius 1 is 1.35 bits per heavy atom. The fraction of sp³-hybridized carbons (Fsp3) is 0.923. The topological polar surface area (TPSA) is 46.3 Å². The molecule has 2 N–H and O–H groups in total. The molecular weight excluding hydrogens is 232 g/mol. The highest BCUT2D eigenvalue weighted by Gasteiger charge is 2.46. The monoisotopic (exact) mass is 256 g/mol. The fourth-order valence-corrected chi connectivity index (χ4v) is 4.49. The van der Waals surface area contributed by atoms with Gasteiger partial charge in [0.15, 0.2) is 0 Å². The van der Waals surface area contributed by atoms with Gasteiger partial charge >= 0.3 is 0 Å². The number of nitrogens with zero attached hydrogens (tertiary/aromatic N) is 1. The Hall–Kier alpha value is -0.220. The van der Waals surface area contributed by atoms with Crippen LogP contribution in [-0.2, 0) is 4.79 Å². The molecule has 0 radical (unpaired) electrons. The first-order valence-corrected chi connectivity index (χ1v) is 7.58. The summed E-state index contributed by atoms with van der Waals surface area (Å²) < 4.78 is 0. The van der Waals surface area contributed by atoms with E-state index in [4.69, 9.17) is 5.73 Å². The van der Waals surface area contributed by atoms with Crippen molar-refractivity contribution < 1.29 is 4.79 Å². The zero-order valence-electron chi connectivity index (χ0n) is 11.1. The Morgan fingerprint density at radius 2 is 1.94 bits per heavy atom. The largest absolute Gasteiger partial charge is 0.340 e. The van der Waals surface area contributed by atoms with Crippen molar-refractivity contribution in [3.63, 3.8) is 0 Å².